The van der Waals surface area contributed by atoms with Gasteiger partial charge in [-0.25, -0.2) is 14.8 Å². The van der Waals surface area contributed by atoms with Crippen molar-refractivity contribution in [1.82, 2.24) is 20.6 Å². The SMILES string of the molecule is O=C(CSc1ncccn1)NC(=O)NC1CCCCC1. The van der Waals surface area contributed by atoms with Gasteiger partial charge in [0.1, 0.15) is 0 Å². The Morgan fingerprint density at radius 3 is 2.60 bits per heavy atom. The number of nitrogens with one attached hydrogen (secondary N) is 2. The zero-order valence-electron chi connectivity index (χ0n) is 11.2. The van der Waals surface area contributed by atoms with Gasteiger partial charge >= 0.3 is 6.03 Å². The average Bonchev–Trinajstić information content (AvgIpc) is 2.47. The van der Waals surface area contributed by atoms with Crippen molar-refractivity contribution in [2.24, 2.45) is 0 Å². The third-order valence-electron chi connectivity index (χ3n) is 3.07. The molecule has 1 heterocycles. The summed E-state index contributed by atoms with van der Waals surface area (Å²) in [5.41, 5.74) is 0. The van der Waals surface area contributed by atoms with E-state index in [0.717, 1.165) is 25.7 Å². The Bertz CT molecular complexity index is 449. The largest absolute Gasteiger partial charge is 0.335 e. The van der Waals surface area contributed by atoms with Crippen LogP contribution in [-0.2, 0) is 4.79 Å². The fourth-order valence-electron chi connectivity index (χ4n) is 2.12. The number of carbonyl (C=O) groups excluding carboxylic acids is 2. The molecule has 2 N–H and O–H groups in total. The topological polar surface area (TPSA) is 84.0 Å². The molecule has 0 aromatic carbocycles. The number of nitrogens with zero attached hydrogens (tertiary/aromatic N) is 2. The number of urea groups is 1. The molecule has 1 saturated carbocycles. The Morgan fingerprint density at radius 2 is 1.90 bits per heavy atom. The van der Waals surface area contributed by atoms with E-state index in [1.165, 1.54) is 18.2 Å². The predicted molar refractivity (Wildman–Crippen MR) is 76.3 cm³/mol. The van der Waals surface area contributed by atoms with Crippen LogP contribution in [0.3, 0.4) is 0 Å². The van der Waals surface area contributed by atoms with E-state index >= 15 is 0 Å². The molecular weight excluding hydrogens is 276 g/mol. The van der Waals surface area contributed by atoms with Crippen molar-refractivity contribution >= 4 is 23.7 Å². The molecule has 0 bridgehead atoms. The summed E-state index contributed by atoms with van der Waals surface area (Å²) < 4.78 is 0. The van der Waals surface area contributed by atoms with Gasteiger partial charge in [-0.1, -0.05) is 31.0 Å². The summed E-state index contributed by atoms with van der Waals surface area (Å²) in [6, 6.07) is 1.50. The maximum absolute atomic E-state index is 11.6. The molecule has 1 aliphatic rings. The molecule has 0 saturated heterocycles. The quantitative estimate of drug-likeness (QED) is 0.652. The van der Waals surface area contributed by atoms with E-state index in [9.17, 15) is 9.59 Å². The molecule has 7 heteroatoms. The lowest BCUT2D eigenvalue weighted by Gasteiger charge is -2.22. The normalized spacial score (nSPS) is 15.6. The number of carbonyl (C=O) groups is 2. The number of hydrogen-bond acceptors (Lipinski definition) is 5. The van der Waals surface area contributed by atoms with Gasteiger partial charge < -0.3 is 5.32 Å². The van der Waals surface area contributed by atoms with Gasteiger partial charge in [0, 0.05) is 18.4 Å². The Hall–Kier alpha value is -1.63. The van der Waals surface area contributed by atoms with E-state index in [-0.39, 0.29) is 17.7 Å². The third-order valence-corrected chi connectivity index (χ3v) is 3.94. The second-order valence-electron chi connectivity index (χ2n) is 4.68. The van der Waals surface area contributed by atoms with Crippen molar-refractivity contribution in [2.45, 2.75) is 43.3 Å². The van der Waals surface area contributed by atoms with E-state index in [2.05, 4.69) is 20.6 Å². The molecule has 1 fully saturated rings. The van der Waals surface area contributed by atoms with E-state index in [1.807, 2.05) is 0 Å². The lowest BCUT2D eigenvalue weighted by molar-refractivity contribution is -0.117. The Labute approximate surface area is 122 Å². The van der Waals surface area contributed by atoms with Gasteiger partial charge in [-0.05, 0) is 18.9 Å². The van der Waals surface area contributed by atoms with Crippen LogP contribution in [0.2, 0.25) is 0 Å². The summed E-state index contributed by atoms with van der Waals surface area (Å²) in [7, 11) is 0. The summed E-state index contributed by atoms with van der Waals surface area (Å²) in [5.74, 6) is -0.210. The molecule has 1 aliphatic carbocycles. The maximum atomic E-state index is 11.6. The average molecular weight is 294 g/mol. The molecule has 0 radical (unpaired) electrons. The molecule has 0 aliphatic heterocycles. The minimum Gasteiger partial charge on any atom is -0.335 e. The molecule has 0 unspecified atom stereocenters. The zero-order valence-corrected chi connectivity index (χ0v) is 12.0. The van der Waals surface area contributed by atoms with Gasteiger partial charge in [0.25, 0.3) is 0 Å². The summed E-state index contributed by atoms with van der Waals surface area (Å²) >= 11 is 1.20. The van der Waals surface area contributed by atoms with Crippen LogP contribution >= 0.6 is 11.8 Å². The van der Waals surface area contributed by atoms with Crippen LogP contribution in [0.25, 0.3) is 0 Å². The van der Waals surface area contributed by atoms with Gasteiger partial charge in [-0.15, -0.1) is 0 Å². The van der Waals surface area contributed by atoms with Crippen LogP contribution in [0.15, 0.2) is 23.6 Å². The molecule has 3 amide bonds. The van der Waals surface area contributed by atoms with Crippen molar-refractivity contribution in [3.8, 4) is 0 Å². The number of aromatic nitrogens is 2. The zero-order chi connectivity index (χ0) is 14.2. The van der Waals surface area contributed by atoms with Crippen molar-refractivity contribution in [3.05, 3.63) is 18.5 Å². The number of hydrogen-bond donors (Lipinski definition) is 2. The van der Waals surface area contributed by atoms with Crippen molar-refractivity contribution in [3.63, 3.8) is 0 Å². The molecule has 1 aromatic heterocycles. The van der Waals surface area contributed by atoms with Gasteiger partial charge in [0.15, 0.2) is 5.16 Å². The van der Waals surface area contributed by atoms with Crippen LogP contribution < -0.4 is 10.6 Å². The molecule has 6 nitrogen and oxygen atoms in total. The standard InChI is InChI=1S/C13H18N4O2S/c18-11(9-20-13-14-7-4-8-15-13)17-12(19)16-10-5-2-1-3-6-10/h4,7-8,10H,1-3,5-6,9H2,(H2,16,17,18,19). The summed E-state index contributed by atoms with van der Waals surface area (Å²) in [6.45, 7) is 0. The van der Waals surface area contributed by atoms with Gasteiger partial charge in [-0.3, -0.25) is 10.1 Å². The predicted octanol–water partition coefficient (Wildman–Crippen LogP) is 1.73. The molecular formula is C13H18N4O2S. The lowest BCUT2D eigenvalue weighted by atomic mass is 9.96. The fraction of sp³-hybridized carbons (Fsp3) is 0.538. The fourth-order valence-corrected chi connectivity index (χ4v) is 2.72. The molecule has 108 valence electrons. The highest BCUT2D eigenvalue weighted by molar-refractivity contribution is 7.99. The highest BCUT2D eigenvalue weighted by atomic mass is 32.2. The second-order valence-corrected chi connectivity index (χ2v) is 5.62. The van der Waals surface area contributed by atoms with Crippen LogP contribution in [0.4, 0.5) is 4.79 Å². The highest BCUT2D eigenvalue weighted by Gasteiger charge is 2.16. The lowest BCUT2D eigenvalue weighted by Crippen LogP contribution is -2.45. The van der Waals surface area contributed by atoms with Gasteiger partial charge in [-0.2, -0.15) is 0 Å². The molecule has 0 atom stereocenters. The summed E-state index contributed by atoms with van der Waals surface area (Å²) in [6.07, 6.45) is 8.72. The monoisotopic (exact) mass is 294 g/mol. The molecule has 1 aromatic rings. The van der Waals surface area contributed by atoms with E-state index < -0.39 is 6.03 Å². The summed E-state index contributed by atoms with van der Waals surface area (Å²) in [4.78, 5) is 31.3. The first-order chi connectivity index (χ1) is 9.74. The summed E-state index contributed by atoms with van der Waals surface area (Å²) in [5, 5.41) is 5.69. The third kappa shape index (κ3) is 5.16. The minimum atomic E-state index is -0.406. The molecule has 20 heavy (non-hydrogen) atoms. The highest BCUT2D eigenvalue weighted by Crippen LogP contribution is 2.17. The Kier molecular flexibility index (Phi) is 5.79. The van der Waals surface area contributed by atoms with Crippen molar-refractivity contribution < 1.29 is 9.59 Å². The van der Waals surface area contributed by atoms with E-state index in [4.69, 9.17) is 0 Å². The number of amides is 3. The van der Waals surface area contributed by atoms with E-state index in [1.54, 1.807) is 18.5 Å². The van der Waals surface area contributed by atoms with E-state index in [0.29, 0.717) is 5.16 Å². The number of thioether (sulfide) groups is 1. The minimum absolute atomic E-state index is 0.127. The number of imide groups is 1. The van der Waals surface area contributed by atoms with Crippen molar-refractivity contribution in [2.75, 3.05) is 5.75 Å². The second kappa shape index (κ2) is 7.84. The van der Waals surface area contributed by atoms with Crippen LogP contribution in [0.5, 0.6) is 0 Å². The molecule has 2 rings (SSSR count). The smallest absolute Gasteiger partial charge is 0.321 e. The first-order valence-electron chi connectivity index (χ1n) is 6.74. The Balaban J connectivity index is 1.67. The maximum Gasteiger partial charge on any atom is 0.321 e. The van der Waals surface area contributed by atoms with Crippen LogP contribution in [0, 0.1) is 0 Å². The van der Waals surface area contributed by atoms with Gasteiger partial charge in [0.2, 0.25) is 5.91 Å². The van der Waals surface area contributed by atoms with Gasteiger partial charge in [0.05, 0.1) is 5.75 Å². The van der Waals surface area contributed by atoms with Crippen LogP contribution in [0.1, 0.15) is 32.1 Å². The van der Waals surface area contributed by atoms with Crippen LogP contribution in [-0.4, -0.2) is 33.7 Å². The Morgan fingerprint density at radius 1 is 1.20 bits per heavy atom. The first-order valence-corrected chi connectivity index (χ1v) is 7.73. The first kappa shape index (κ1) is 14.8. The van der Waals surface area contributed by atoms with Crippen molar-refractivity contribution in [1.29, 1.82) is 0 Å². The molecule has 0 spiro atoms. The number of rotatable bonds is 4.